The molecule has 1 aromatic heterocycles. The van der Waals surface area contributed by atoms with E-state index >= 15 is 0 Å². The van der Waals surface area contributed by atoms with Crippen molar-refractivity contribution in [1.29, 1.82) is 5.26 Å². The number of hydrogen-bond donors (Lipinski definition) is 1. The maximum absolute atomic E-state index is 13.3. The molecule has 1 heterocycles. The fraction of sp³-hybridized carbons (Fsp3) is 0.0952. The molecule has 1 N–H and O–H groups in total. The van der Waals surface area contributed by atoms with Crippen LogP contribution in [0, 0.1) is 31.0 Å². The van der Waals surface area contributed by atoms with Gasteiger partial charge in [-0.3, -0.25) is 4.79 Å². The van der Waals surface area contributed by atoms with Crippen LogP contribution in [0.4, 0.5) is 10.2 Å². The molecule has 0 aliphatic heterocycles. The number of aromatic nitrogens is 2. The van der Waals surface area contributed by atoms with E-state index in [1.807, 2.05) is 44.2 Å². The minimum absolute atomic E-state index is 0.130. The van der Waals surface area contributed by atoms with Crippen LogP contribution in [-0.4, -0.2) is 15.7 Å². The van der Waals surface area contributed by atoms with Crippen molar-refractivity contribution >= 4 is 17.8 Å². The molecule has 3 rings (SSSR count). The Kier molecular flexibility index (Phi) is 5.13. The molecule has 0 saturated heterocycles. The molecule has 0 bridgehead atoms. The second kappa shape index (κ2) is 7.67. The van der Waals surface area contributed by atoms with Crippen LogP contribution in [0.25, 0.3) is 11.8 Å². The summed E-state index contributed by atoms with van der Waals surface area (Å²) in [5.41, 5.74) is 2.92. The zero-order chi connectivity index (χ0) is 19.4. The maximum Gasteiger partial charge on any atom is 0.267 e. The van der Waals surface area contributed by atoms with E-state index in [0.29, 0.717) is 11.4 Å². The molecule has 0 saturated carbocycles. The van der Waals surface area contributed by atoms with E-state index < -0.39 is 11.7 Å². The van der Waals surface area contributed by atoms with Gasteiger partial charge in [-0.05, 0) is 49.8 Å². The third kappa shape index (κ3) is 4.28. The first-order valence-corrected chi connectivity index (χ1v) is 8.28. The molecule has 3 aromatic rings. The van der Waals surface area contributed by atoms with Crippen LogP contribution >= 0.6 is 0 Å². The average molecular weight is 360 g/mol. The predicted octanol–water partition coefficient (Wildman–Crippen LogP) is 4.17. The summed E-state index contributed by atoms with van der Waals surface area (Å²) in [6.45, 7) is 3.80. The highest BCUT2D eigenvalue weighted by atomic mass is 19.1. The van der Waals surface area contributed by atoms with E-state index in [-0.39, 0.29) is 5.57 Å². The lowest BCUT2D eigenvalue weighted by Crippen LogP contribution is -2.16. The molecule has 27 heavy (non-hydrogen) atoms. The van der Waals surface area contributed by atoms with Crippen LogP contribution in [0.3, 0.4) is 0 Å². The Bertz CT molecular complexity index is 1060. The zero-order valence-corrected chi connectivity index (χ0v) is 14.9. The maximum atomic E-state index is 13.3. The van der Waals surface area contributed by atoms with E-state index in [9.17, 15) is 14.4 Å². The van der Waals surface area contributed by atoms with Crippen LogP contribution in [0.1, 0.15) is 16.8 Å². The van der Waals surface area contributed by atoms with Gasteiger partial charge in [0.1, 0.15) is 23.3 Å². The topological polar surface area (TPSA) is 70.7 Å². The van der Waals surface area contributed by atoms with Crippen LogP contribution < -0.4 is 5.32 Å². The highest BCUT2D eigenvalue weighted by Crippen LogP contribution is 2.19. The normalized spacial score (nSPS) is 11.1. The van der Waals surface area contributed by atoms with Crippen molar-refractivity contribution in [2.24, 2.45) is 0 Å². The SMILES string of the molecule is Cc1ccc(-n2nc(C)cc2NC(=O)/C(C#N)=C/c2cccc(F)c2)cc1. The molecule has 0 spiro atoms. The lowest BCUT2D eigenvalue weighted by atomic mass is 10.1. The van der Waals surface area contributed by atoms with Gasteiger partial charge < -0.3 is 5.32 Å². The first-order valence-electron chi connectivity index (χ1n) is 8.28. The Hall–Kier alpha value is -3.72. The highest BCUT2D eigenvalue weighted by molar-refractivity contribution is 6.09. The number of nitrogens with one attached hydrogen (secondary N) is 1. The van der Waals surface area contributed by atoms with Crippen molar-refractivity contribution in [2.45, 2.75) is 13.8 Å². The lowest BCUT2D eigenvalue weighted by molar-refractivity contribution is -0.112. The first-order chi connectivity index (χ1) is 13.0. The lowest BCUT2D eigenvalue weighted by Gasteiger charge is -2.09. The number of benzene rings is 2. The average Bonchev–Trinajstić information content (AvgIpc) is 3.00. The molecule has 134 valence electrons. The van der Waals surface area contributed by atoms with Gasteiger partial charge in [0.05, 0.1) is 11.4 Å². The summed E-state index contributed by atoms with van der Waals surface area (Å²) in [5.74, 6) is -0.578. The quantitative estimate of drug-likeness (QED) is 0.561. The zero-order valence-electron chi connectivity index (χ0n) is 14.9. The largest absolute Gasteiger partial charge is 0.306 e. The summed E-state index contributed by atoms with van der Waals surface area (Å²) in [7, 11) is 0. The van der Waals surface area contributed by atoms with Gasteiger partial charge in [0, 0.05) is 6.07 Å². The van der Waals surface area contributed by atoms with Gasteiger partial charge in [-0.15, -0.1) is 0 Å². The molecule has 0 aliphatic rings. The fourth-order valence-corrected chi connectivity index (χ4v) is 2.57. The molecule has 0 unspecified atom stereocenters. The summed E-state index contributed by atoms with van der Waals surface area (Å²) in [6.07, 6.45) is 1.35. The fourth-order valence-electron chi connectivity index (χ4n) is 2.57. The second-order valence-electron chi connectivity index (χ2n) is 6.10. The minimum Gasteiger partial charge on any atom is -0.306 e. The van der Waals surface area contributed by atoms with E-state index in [0.717, 1.165) is 16.9 Å². The molecule has 0 radical (unpaired) electrons. The van der Waals surface area contributed by atoms with Crippen molar-refractivity contribution in [2.75, 3.05) is 5.32 Å². The van der Waals surface area contributed by atoms with Crippen LogP contribution in [0.2, 0.25) is 0 Å². The number of amides is 1. The predicted molar refractivity (Wildman–Crippen MR) is 102 cm³/mol. The van der Waals surface area contributed by atoms with Gasteiger partial charge in [0.2, 0.25) is 0 Å². The van der Waals surface area contributed by atoms with Gasteiger partial charge in [-0.2, -0.15) is 10.4 Å². The summed E-state index contributed by atoms with van der Waals surface area (Å²) >= 11 is 0. The third-order valence-electron chi connectivity index (χ3n) is 3.88. The number of rotatable bonds is 4. The summed E-state index contributed by atoms with van der Waals surface area (Å²) < 4.78 is 14.9. The smallest absolute Gasteiger partial charge is 0.267 e. The monoisotopic (exact) mass is 360 g/mol. The highest BCUT2D eigenvalue weighted by Gasteiger charge is 2.14. The molecule has 0 fully saturated rings. The molecule has 0 aliphatic carbocycles. The number of halogens is 1. The van der Waals surface area contributed by atoms with E-state index in [4.69, 9.17) is 0 Å². The Morgan fingerprint density at radius 3 is 2.59 bits per heavy atom. The molecule has 1 amide bonds. The van der Waals surface area contributed by atoms with Crippen molar-refractivity contribution in [3.05, 3.63) is 82.8 Å². The van der Waals surface area contributed by atoms with E-state index in [2.05, 4.69) is 10.4 Å². The molecule has 5 nitrogen and oxygen atoms in total. The molecular formula is C21H17FN4O. The van der Waals surface area contributed by atoms with Gasteiger partial charge >= 0.3 is 0 Å². The van der Waals surface area contributed by atoms with Gasteiger partial charge in [-0.1, -0.05) is 29.8 Å². The molecule has 2 aromatic carbocycles. The van der Waals surface area contributed by atoms with Crippen LogP contribution in [0.5, 0.6) is 0 Å². The standard InChI is InChI=1S/C21H17FN4O/c1-14-6-8-19(9-7-14)26-20(10-15(2)25-26)24-21(27)17(13-23)11-16-4-3-5-18(22)12-16/h3-12H,1-2H3,(H,24,27)/b17-11+. The molecule has 6 heteroatoms. The van der Waals surface area contributed by atoms with Crippen LogP contribution in [-0.2, 0) is 4.79 Å². The minimum atomic E-state index is -0.588. The summed E-state index contributed by atoms with van der Waals surface area (Å²) in [6, 6.07) is 17.0. The van der Waals surface area contributed by atoms with Crippen molar-refractivity contribution in [1.82, 2.24) is 9.78 Å². The number of anilines is 1. The second-order valence-corrected chi connectivity index (χ2v) is 6.10. The number of hydrogen-bond acceptors (Lipinski definition) is 3. The molecular weight excluding hydrogens is 343 g/mol. The van der Waals surface area contributed by atoms with E-state index in [1.165, 1.54) is 24.3 Å². The van der Waals surface area contributed by atoms with Crippen molar-refractivity contribution in [3.63, 3.8) is 0 Å². The van der Waals surface area contributed by atoms with Crippen molar-refractivity contribution in [3.8, 4) is 11.8 Å². The number of aryl methyl sites for hydroxylation is 2. The Morgan fingerprint density at radius 1 is 1.19 bits per heavy atom. The Labute approximate surface area is 156 Å². The summed E-state index contributed by atoms with van der Waals surface area (Å²) in [4.78, 5) is 12.5. The number of carbonyl (C=O) groups excluding carboxylic acids is 1. The molecule has 0 atom stereocenters. The van der Waals surface area contributed by atoms with Gasteiger partial charge in [-0.25, -0.2) is 9.07 Å². The Morgan fingerprint density at radius 2 is 1.93 bits per heavy atom. The summed E-state index contributed by atoms with van der Waals surface area (Å²) in [5, 5.41) is 16.4. The van der Waals surface area contributed by atoms with E-state index in [1.54, 1.807) is 16.8 Å². The van der Waals surface area contributed by atoms with Crippen LogP contribution in [0.15, 0.2) is 60.2 Å². The van der Waals surface area contributed by atoms with Crippen molar-refractivity contribution < 1.29 is 9.18 Å². The number of carbonyl (C=O) groups is 1. The van der Waals surface area contributed by atoms with Gasteiger partial charge in [0.25, 0.3) is 5.91 Å². The van der Waals surface area contributed by atoms with Gasteiger partial charge in [0.15, 0.2) is 0 Å². The number of nitriles is 1. The Balaban J connectivity index is 1.89. The number of nitrogens with zero attached hydrogens (tertiary/aromatic N) is 3. The third-order valence-corrected chi connectivity index (χ3v) is 3.88. The first kappa shape index (κ1) is 18.1.